The zero-order valence-corrected chi connectivity index (χ0v) is 18.5. The lowest BCUT2D eigenvalue weighted by molar-refractivity contribution is -0.133. The molecule has 9 heteroatoms. The molecule has 7 nitrogen and oxygen atoms in total. The molecule has 0 bridgehead atoms. The molecule has 0 saturated carbocycles. The van der Waals surface area contributed by atoms with E-state index in [0.717, 1.165) is 45.0 Å². The van der Waals surface area contributed by atoms with Crippen LogP contribution < -0.4 is 5.32 Å². The first-order valence-electron chi connectivity index (χ1n) is 10.0. The number of thiophene rings is 1. The molecule has 3 heterocycles. The minimum Gasteiger partial charge on any atom is -0.340 e. The van der Waals surface area contributed by atoms with Crippen molar-refractivity contribution in [1.82, 2.24) is 14.9 Å². The van der Waals surface area contributed by atoms with Crippen LogP contribution in [0.2, 0.25) is 0 Å². The first-order chi connectivity index (χ1) is 15.0. The van der Waals surface area contributed by atoms with Gasteiger partial charge in [-0.05, 0) is 42.5 Å². The highest BCUT2D eigenvalue weighted by Crippen LogP contribution is 2.41. The Balaban J connectivity index is 1.44. The van der Waals surface area contributed by atoms with E-state index in [1.54, 1.807) is 24.7 Å². The number of benzene rings is 1. The van der Waals surface area contributed by atoms with Crippen molar-refractivity contribution in [3.8, 4) is 6.07 Å². The number of fused-ring (bicyclic) bond motifs is 4. The second-order valence-electron chi connectivity index (χ2n) is 7.80. The van der Waals surface area contributed by atoms with Gasteiger partial charge in [0.05, 0.1) is 11.5 Å². The summed E-state index contributed by atoms with van der Waals surface area (Å²) in [6.07, 6.45) is 4.24. The summed E-state index contributed by atoms with van der Waals surface area (Å²) >= 11 is 2.90. The van der Waals surface area contributed by atoms with Gasteiger partial charge in [0, 0.05) is 34.8 Å². The average molecular weight is 450 g/mol. The van der Waals surface area contributed by atoms with E-state index in [1.807, 2.05) is 24.3 Å². The topological polar surface area (TPSA) is 99.0 Å². The Labute approximate surface area is 187 Å². The molecule has 1 aromatic carbocycles. The largest absolute Gasteiger partial charge is 0.340 e. The van der Waals surface area contributed by atoms with Crippen LogP contribution in [0.4, 0.5) is 11.5 Å². The summed E-state index contributed by atoms with van der Waals surface area (Å²) in [7, 11) is 1.68. The minimum atomic E-state index is -0.102. The third-order valence-corrected chi connectivity index (χ3v) is 7.90. The summed E-state index contributed by atoms with van der Waals surface area (Å²) in [5, 5.41) is 13.5. The molecular formula is C22H19N5O2S2. The SMILES string of the molecule is CN(CC#N)C(=O)C1CCc2c(sc3ncnc(Nc4ccc5c(c4)SC(=O)C5)c23)C1. The lowest BCUT2D eigenvalue weighted by Gasteiger charge is -2.25. The maximum Gasteiger partial charge on any atom is 0.226 e. The van der Waals surface area contributed by atoms with Crippen LogP contribution in [0.25, 0.3) is 10.2 Å². The van der Waals surface area contributed by atoms with Crippen molar-refractivity contribution >= 4 is 55.8 Å². The molecule has 0 saturated heterocycles. The van der Waals surface area contributed by atoms with E-state index >= 15 is 0 Å². The lowest BCUT2D eigenvalue weighted by Crippen LogP contribution is -2.35. The number of aryl methyl sites for hydroxylation is 1. The Morgan fingerprint density at radius 3 is 3.10 bits per heavy atom. The van der Waals surface area contributed by atoms with Gasteiger partial charge >= 0.3 is 0 Å². The molecule has 156 valence electrons. The fourth-order valence-electron chi connectivity index (χ4n) is 4.24. The Morgan fingerprint density at radius 2 is 2.26 bits per heavy atom. The smallest absolute Gasteiger partial charge is 0.226 e. The molecule has 2 aromatic heterocycles. The van der Waals surface area contributed by atoms with Crippen molar-refractivity contribution in [3.63, 3.8) is 0 Å². The van der Waals surface area contributed by atoms with E-state index in [2.05, 4.69) is 15.3 Å². The third kappa shape index (κ3) is 3.66. The van der Waals surface area contributed by atoms with Gasteiger partial charge in [-0.2, -0.15) is 5.26 Å². The summed E-state index contributed by atoms with van der Waals surface area (Å²) < 4.78 is 0. The maximum atomic E-state index is 12.7. The molecule has 2 aliphatic rings. The van der Waals surface area contributed by atoms with Gasteiger partial charge in [-0.15, -0.1) is 11.3 Å². The fraction of sp³-hybridized carbons (Fsp3) is 0.318. The average Bonchev–Trinajstić information content (AvgIpc) is 3.32. The standard InChI is InChI=1S/C22H19N5O2S2/c1-27(7-6-23)22(29)13-3-5-15-17(8-13)31-21-19(15)20(24-11-25-21)26-14-4-2-12-9-18(28)30-16(12)10-14/h2,4,10-11,13H,3,5,7-9H2,1H3,(H,24,25,26). The number of rotatable bonds is 4. The number of carbonyl (C=O) groups is 2. The number of nitriles is 1. The summed E-state index contributed by atoms with van der Waals surface area (Å²) in [6, 6.07) is 8.00. The molecule has 1 unspecified atom stereocenters. The first-order valence-corrected chi connectivity index (χ1v) is 11.6. The van der Waals surface area contributed by atoms with Gasteiger partial charge in [-0.1, -0.05) is 17.8 Å². The lowest BCUT2D eigenvalue weighted by atomic mass is 9.87. The molecule has 3 aromatic rings. The molecule has 0 spiro atoms. The molecule has 1 aliphatic carbocycles. The Hall–Kier alpha value is -2.96. The van der Waals surface area contributed by atoms with Gasteiger partial charge in [0.25, 0.3) is 0 Å². The Kier molecular flexibility index (Phi) is 5.12. The molecule has 1 aliphatic heterocycles. The summed E-state index contributed by atoms with van der Waals surface area (Å²) in [4.78, 5) is 37.9. The molecule has 1 N–H and O–H groups in total. The van der Waals surface area contributed by atoms with Crippen molar-refractivity contribution in [3.05, 3.63) is 40.5 Å². The normalized spacial score (nSPS) is 17.2. The van der Waals surface area contributed by atoms with Crippen molar-refractivity contribution in [2.24, 2.45) is 5.92 Å². The fourth-order valence-corrected chi connectivity index (χ4v) is 6.43. The van der Waals surface area contributed by atoms with Gasteiger partial charge in [0.2, 0.25) is 5.91 Å². The van der Waals surface area contributed by atoms with Crippen LogP contribution in [0.15, 0.2) is 29.4 Å². The molecule has 0 radical (unpaired) electrons. The van der Waals surface area contributed by atoms with E-state index in [-0.39, 0.29) is 23.5 Å². The summed E-state index contributed by atoms with van der Waals surface area (Å²) in [5.74, 6) is 0.678. The van der Waals surface area contributed by atoms with Gasteiger partial charge in [-0.25, -0.2) is 9.97 Å². The number of nitrogens with zero attached hydrogens (tertiary/aromatic N) is 4. The number of carbonyl (C=O) groups excluding carboxylic acids is 2. The van der Waals surface area contributed by atoms with Crippen LogP contribution in [0, 0.1) is 17.2 Å². The van der Waals surface area contributed by atoms with Crippen LogP contribution >= 0.6 is 23.1 Å². The van der Waals surface area contributed by atoms with Crippen LogP contribution in [-0.4, -0.2) is 39.5 Å². The van der Waals surface area contributed by atoms with Crippen molar-refractivity contribution in [2.45, 2.75) is 30.6 Å². The van der Waals surface area contributed by atoms with Crippen molar-refractivity contribution < 1.29 is 9.59 Å². The van der Waals surface area contributed by atoms with Crippen molar-refractivity contribution in [1.29, 1.82) is 5.26 Å². The number of hydrogen-bond donors (Lipinski definition) is 1. The van der Waals surface area contributed by atoms with E-state index < -0.39 is 0 Å². The van der Waals surface area contributed by atoms with Crippen molar-refractivity contribution in [2.75, 3.05) is 18.9 Å². The van der Waals surface area contributed by atoms with Gasteiger partial charge in [0.1, 0.15) is 23.5 Å². The minimum absolute atomic E-state index is 0.0271. The van der Waals surface area contributed by atoms with Crippen LogP contribution in [0.1, 0.15) is 22.4 Å². The van der Waals surface area contributed by atoms with Gasteiger partial charge in [-0.3, -0.25) is 9.59 Å². The number of aromatic nitrogens is 2. The van der Waals surface area contributed by atoms with Crippen LogP contribution in [-0.2, 0) is 28.9 Å². The number of hydrogen-bond acceptors (Lipinski definition) is 8. The third-order valence-electron chi connectivity index (χ3n) is 5.77. The molecule has 1 amide bonds. The second kappa shape index (κ2) is 7.94. The zero-order valence-electron chi connectivity index (χ0n) is 16.8. The van der Waals surface area contributed by atoms with E-state index in [1.165, 1.54) is 27.1 Å². The highest BCUT2D eigenvalue weighted by atomic mass is 32.2. The molecule has 0 fully saturated rings. The number of anilines is 2. The second-order valence-corrected chi connectivity index (χ2v) is 9.98. The Morgan fingerprint density at radius 1 is 1.39 bits per heavy atom. The quantitative estimate of drug-likeness (QED) is 0.606. The van der Waals surface area contributed by atoms with Gasteiger partial charge < -0.3 is 10.2 Å². The van der Waals surface area contributed by atoms with E-state index in [9.17, 15) is 9.59 Å². The predicted octanol–water partition coefficient (Wildman–Crippen LogP) is 3.70. The van der Waals surface area contributed by atoms with Crippen LogP contribution in [0.5, 0.6) is 0 Å². The zero-order chi connectivity index (χ0) is 21.5. The predicted molar refractivity (Wildman–Crippen MR) is 120 cm³/mol. The highest BCUT2D eigenvalue weighted by molar-refractivity contribution is 8.14. The molecule has 5 rings (SSSR count). The van der Waals surface area contributed by atoms with E-state index in [0.29, 0.717) is 12.8 Å². The molecule has 31 heavy (non-hydrogen) atoms. The number of thioether (sulfide) groups is 1. The van der Waals surface area contributed by atoms with Gasteiger partial charge in [0.15, 0.2) is 5.12 Å². The number of nitrogens with one attached hydrogen (secondary N) is 1. The first kappa shape index (κ1) is 20.0. The molecule has 1 atom stereocenters. The van der Waals surface area contributed by atoms with Crippen LogP contribution in [0.3, 0.4) is 0 Å². The maximum absolute atomic E-state index is 12.7. The monoisotopic (exact) mass is 449 g/mol. The summed E-state index contributed by atoms with van der Waals surface area (Å²) in [6.45, 7) is 0.110. The van der Waals surface area contributed by atoms with E-state index in [4.69, 9.17) is 5.26 Å². The highest BCUT2D eigenvalue weighted by Gasteiger charge is 2.30. The number of amides is 1. The summed E-state index contributed by atoms with van der Waals surface area (Å²) in [5.41, 5.74) is 3.17. The molecular weight excluding hydrogens is 430 g/mol. The Bertz CT molecular complexity index is 1260.